The number of thioether (sulfide) groups is 1. The van der Waals surface area contributed by atoms with Crippen molar-refractivity contribution < 1.29 is 4.42 Å². The molecule has 0 aliphatic carbocycles. The number of hydrogen-bond donors (Lipinski definition) is 1. The minimum atomic E-state index is 0. The van der Waals surface area contributed by atoms with Crippen LogP contribution in [0, 0.1) is 5.92 Å². The molecule has 1 fully saturated rings. The molecule has 0 aromatic carbocycles. The van der Waals surface area contributed by atoms with Gasteiger partial charge in [-0.25, -0.2) is 0 Å². The predicted molar refractivity (Wildman–Crippen MR) is 97.0 cm³/mol. The van der Waals surface area contributed by atoms with Crippen LogP contribution in [-0.4, -0.2) is 42.0 Å². The van der Waals surface area contributed by atoms with Gasteiger partial charge in [-0.15, -0.1) is 24.0 Å². The van der Waals surface area contributed by atoms with Gasteiger partial charge in [0.05, 0.1) is 12.5 Å². The molecule has 0 saturated carbocycles. The third-order valence-electron chi connectivity index (χ3n) is 3.38. The van der Waals surface area contributed by atoms with Crippen molar-refractivity contribution in [1.29, 1.82) is 0 Å². The van der Waals surface area contributed by atoms with Gasteiger partial charge in [0.15, 0.2) is 5.96 Å². The number of aliphatic imine (C=N–C) groups is 1. The predicted octanol–water partition coefficient (Wildman–Crippen LogP) is 3.05. The first-order valence-corrected chi connectivity index (χ1v) is 7.84. The molecule has 1 aromatic heterocycles. The van der Waals surface area contributed by atoms with Crippen molar-refractivity contribution in [2.24, 2.45) is 10.9 Å². The fourth-order valence-corrected chi connectivity index (χ4v) is 3.48. The Kier molecular flexibility index (Phi) is 7.79. The van der Waals surface area contributed by atoms with Gasteiger partial charge in [-0.05, 0) is 12.0 Å². The van der Waals surface area contributed by atoms with Crippen LogP contribution in [0.25, 0.3) is 0 Å². The molecule has 1 aliphatic rings. The van der Waals surface area contributed by atoms with E-state index in [9.17, 15) is 0 Å². The maximum absolute atomic E-state index is 5.08. The summed E-state index contributed by atoms with van der Waals surface area (Å²) in [6.45, 7) is 7.50. The number of rotatable bonds is 3. The number of guanidine groups is 1. The molecule has 2 heterocycles. The first-order valence-electron chi connectivity index (χ1n) is 6.79. The SMILES string of the molecule is CN=C(NCc1ccoc1)N1CCSC(C(C)C)C1.I. The summed E-state index contributed by atoms with van der Waals surface area (Å²) >= 11 is 2.08. The Morgan fingerprint density at radius 2 is 2.40 bits per heavy atom. The molecule has 1 unspecified atom stereocenters. The molecule has 1 aliphatic heterocycles. The van der Waals surface area contributed by atoms with Gasteiger partial charge in [0.25, 0.3) is 0 Å². The highest BCUT2D eigenvalue weighted by Gasteiger charge is 2.24. The lowest BCUT2D eigenvalue weighted by Crippen LogP contribution is -2.48. The van der Waals surface area contributed by atoms with Crippen LogP contribution in [0.2, 0.25) is 0 Å². The van der Waals surface area contributed by atoms with E-state index in [1.807, 2.05) is 13.1 Å². The maximum Gasteiger partial charge on any atom is 0.193 e. The lowest BCUT2D eigenvalue weighted by Gasteiger charge is -2.36. The zero-order chi connectivity index (χ0) is 13.7. The van der Waals surface area contributed by atoms with Crippen molar-refractivity contribution in [2.75, 3.05) is 25.9 Å². The van der Waals surface area contributed by atoms with Crippen LogP contribution in [0.1, 0.15) is 19.4 Å². The molecule has 2 rings (SSSR count). The second-order valence-corrected chi connectivity index (χ2v) is 6.48. The summed E-state index contributed by atoms with van der Waals surface area (Å²) < 4.78 is 5.08. The molecule has 0 bridgehead atoms. The van der Waals surface area contributed by atoms with Crippen LogP contribution in [0.4, 0.5) is 0 Å². The number of nitrogens with zero attached hydrogens (tertiary/aromatic N) is 2. The van der Waals surface area contributed by atoms with E-state index >= 15 is 0 Å². The van der Waals surface area contributed by atoms with Gasteiger partial charge in [0.2, 0.25) is 0 Å². The standard InChI is InChI=1S/C14H23N3OS.HI/c1-11(2)13-9-17(5-7-19-13)14(15-3)16-8-12-4-6-18-10-12;/h4,6,10-11,13H,5,7-9H2,1-3H3,(H,15,16);1H. The van der Waals surface area contributed by atoms with E-state index in [2.05, 4.69) is 40.8 Å². The van der Waals surface area contributed by atoms with Crippen molar-refractivity contribution in [1.82, 2.24) is 10.2 Å². The highest BCUT2D eigenvalue weighted by atomic mass is 127. The molecule has 6 heteroatoms. The number of halogens is 1. The largest absolute Gasteiger partial charge is 0.472 e. The lowest BCUT2D eigenvalue weighted by atomic mass is 10.1. The van der Waals surface area contributed by atoms with Crippen LogP contribution in [0.15, 0.2) is 28.0 Å². The average molecular weight is 409 g/mol. The van der Waals surface area contributed by atoms with Gasteiger partial charge in [0.1, 0.15) is 0 Å². The second kappa shape index (κ2) is 8.81. The van der Waals surface area contributed by atoms with Gasteiger partial charge in [-0.2, -0.15) is 11.8 Å². The summed E-state index contributed by atoms with van der Waals surface area (Å²) in [5.74, 6) is 2.88. The number of nitrogens with one attached hydrogen (secondary N) is 1. The van der Waals surface area contributed by atoms with E-state index in [-0.39, 0.29) is 24.0 Å². The van der Waals surface area contributed by atoms with Crippen molar-refractivity contribution in [3.63, 3.8) is 0 Å². The topological polar surface area (TPSA) is 40.8 Å². The third kappa shape index (κ3) is 4.87. The summed E-state index contributed by atoms with van der Waals surface area (Å²) in [5, 5.41) is 4.10. The maximum atomic E-state index is 5.08. The molecule has 0 radical (unpaired) electrons. The van der Waals surface area contributed by atoms with E-state index in [0.29, 0.717) is 11.2 Å². The molecule has 1 saturated heterocycles. The Bertz CT molecular complexity index is 409. The zero-order valence-electron chi connectivity index (χ0n) is 12.3. The Labute approximate surface area is 142 Å². The van der Waals surface area contributed by atoms with Crippen molar-refractivity contribution >= 4 is 41.7 Å². The van der Waals surface area contributed by atoms with Gasteiger partial charge in [-0.1, -0.05) is 13.8 Å². The minimum Gasteiger partial charge on any atom is -0.472 e. The molecular formula is C14H24IN3OS. The summed E-state index contributed by atoms with van der Waals surface area (Å²) in [7, 11) is 1.85. The van der Waals surface area contributed by atoms with Crippen molar-refractivity contribution in [2.45, 2.75) is 25.6 Å². The first-order chi connectivity index (χ1) is 9.20. The Morgan fingerprint density at radius 3 is 3.00 bits per heavy atom. The smallest absolute Gasteiger partial charge is 0.193 e. The van der Waals surface area contributed by atoms with Crippen LogP contribution >= 0.6 is 35.7 Å². The van der Waals surface area contributed by atoms with E-state index in [0.717, 1.165) is 31.2 Å². The quantitative estimate of drug-likeness (QED) is 0.474. The third-order valence-corrected chi connectivity index (χ3v) is 4.92. The molecule has 4 nitrogen and oxygen atoms in total. The molecule has 0 spiro atoms. The van der Waals surface area contributed by atoms with Gasteiger partial charge in [0, 0.05) is 43.2 Å². The van der Waals surface area contributed by atoms with E-state index in [4.69, 9.17) is 4.42 Å². The van der Waals surface area contributed by atoms with Gasteiger partial charge in [-0.3, -0.25) is 4.99 Å². The molecule has 1 atom stereocenters. The normalized spacial score (nSPS) is 19.9. The van der Waals surface area contributed by atoms with Crippen LogP contribution in [0.3, 0.4) is 0 Å². The second-order valence-electron chi connectivity index (χ2n) is 5.13. The Balaban J connectivity index is 0.00000200. The fourth-order valence-electron chi connectivity index (χ4n) is 2.18. The number of furan rings is 1. The molecular weight excluding hydrogens is 385 g/mol. The molecule has 114 valence electrons. The highest BCUT2D eigenvalue weighted by Crippen LogP contribution is 2.24. The van der Waals surface area contributed by atoms with Crippen molar-refractivity contribution in [3.05, 3.63) is 24.2 Å². The van der Waals surface area contributed by atoms with Gasteiger partial charge >= 0.3 is 0 Å². The summed E-state index contributed by atoms with van der Waals surface area (Å²) in [5.41, 5.74) is 1.15. The summed E-state index contributed by atoms with van der Waals surface area (Å²) in [6.07, 6.45) is 3.47. The summed E-state index contributed by atoms with van der Waals surface area (Å²) in [6, 6.07) is 1.98. The van der Waals surface area contributed by atoms with Crippen molar-refractivity contribution in [3.8, 4) is 0 Å². The van der Waals surface area contributed by atoms with E-state index in [1.54, 1.807) is 12.5 Å². The average Bonchev–Trinajstić information content (AvgIpc) is 2.93. The highest BCUT2D eigenvalue weighted by molar-refractivity contribution is 14.0. The van der Waals surface area contributed by atoms with Crippen LogP contribution in [0.5, 0.6) is 0 Å². The first kappa shape index (κ1) is 17.7. The number of hydrogen-bond acceptors (Lipinski definition) is 3. The minimum absolute atomic E-state index is 0. The van der Waals surface area contributed by atoms with E-state index in [1.165, 1.54) is 5.75 Å². The molecule has 0 amide bonds. The molecule has 20 heavy (non-hydrogen) atoms. The van der Waals surface area contributed by atoms with Gasteiger partial charge < -0.3 is 14.6 Å². The van der Waals surface area contributed by atoms with E-state index < -0.39 is 0 Å². The van der Waals surface area contributed by atoms with Crippen LogP contribution < -0.4 is 5.32 Å². The van der Waals surface area contributed by atoms with Crippen LogP contribution in [-0.2, 0) is 6.54 Å². The molecule has 1 N–H and O–H groups in total. The zero-order valence-corrected chi connectivity index (χ0v) is 15.5. The Hall–Kier alpha value is -0.370. The summed E-state index contributed by atoms with van der Waals surface area (Å²) in [4.78, 5) is 6.76. The fraction of sp³-hybridized carbons (Fsp3) is 0.643. The lowest BCUT2D eigenvalue weighted by molar-refractivity contribution is 0.380. The monoisotopic (exact) mass is 409 g/mol. The Morgan fingerprint density at radius 1 is 1.60 bits per heavy atom. The molecule has 1 aromatic rings.